The Morgan fingerprint density at radius 3 is 2.57 bits per heavy atom. The maximum Gasteiger partial charge on any atom is 0.434 e. The second kappa shape index (κ2) is 8.85. The highest BCUT2D eigenvalue weighted by molar-refractivity contribution is 6.29. The molecule has 0 fully saturated rings. The predicted octanol–water partition coefficient (Wildman–Crippen LogP) is 4.60. The van der Waals surface area contributed by atoms with Crippen molar-refractivity contribution in [1.29, 1.82) is 0 Å². The number of carbonyl (C=O) groups excluding carboxylic acids is 1. The number of nitrogens with zero attached hydrogens (tertiary/aromatic N) is 3. The molecule has 30 heavy (non-hydrogen) atoms. The number of aryl methyl sites for hydroxylation is 1. The van der Waals surface area contributed by atoms with Crippen molar-refractivity contribution < 1.29 is 22.7 Å². The van der Waals surface area contributed by atoms with Gasteiger partial charge in [-0.3, -0.25) is 4.79 Å². The maximum atomic E-state index is 12.9. The number of pyridine rings is 1. The lowest BCUT2D eigenvalue weighted by molar-refractivity contribution is -0.140. The number of aromatic nitrogens is 3. The molecule has 0 saturated carbocycles. The van der Waals surface area contributed by atoms with Crippen LogP contribution in [0.1, 0.15) is 21.6 Å². The van der Waals surface area contributed by atoms with Crippen molar-refractivity contribution in [2.45, 2.75) is 12.7 Å². The second-order valence-electron chi connectivity index (χ2n) is 6.52. The number of benzene rings is 1. The van der Waals surface area contributed by atoms with E-state index >= 15 is 0 Å². The van der Waals surface area contributed by atoms with Gasteiger partial charge in [0.15, 0.2) is 11.5 Å². The molecule has 0 radical (unpaired) electrons. The molecule has 0 aliphatic carbocycles. The fraction of sp³-hybridized carbons (Fsp3) is 0.250. The zero-order valence-corrected chi connectivity index (χ0v) is 16.9. The van der Waals surface area contributed by atoms with E-state index in [4.69, 9.17) is 16.3 Å². The van der Waals surface area contributed by atoms with Crippen molar-refractivity contribution in [3.05, 3.63) is 64.7 Å². The van der Waals surface area contributed by atoms with Crippen LogP contribution in [0.2, 0.25) is 5.15 Å². The van der Waals surface area contributed by atoms with E-state index in [0.717, 1.165) is 11.8 Å². The second-order valence-corrected chi connectivity index (χ2v) is 6.90. The van der Waals surface area contributed by atoms with Crippen LogP contribution < -0.4 is 5.32 Å². The van der Waals surface area contributed by atoms with Gasteiger partial charge in [0, 0.05) is 44.3 Å². The van der Waals surface area contributed by atoms with E-state index in [0.29, 0.717) is 23.4 Å². The summed E-state index contributed by atoms with van der Waals surface area (Å²) in [5.41, 5.74) is 1.33. The van der Waals surface area contributed by atoms with E-state index in [1.54, 1.807) is 30.3 Å². The average molecular weight is 439 g/mol. The number of hydrogen-bond donors (Lipinski definition) is 1. The highest BCUT2D eigenvalue weighted by Gasteiger charge is 2.34. The monoisotopic (exact) mass is 438 g/mol. The number of anilines is 1. The number of Topliss-reactive ketones (excluding diaryl/α,β-unsaturated/α-hetero) is 1. The lowest BCUT2D eigenvalue weighted by Gasteiger charge is -2.12. The minimum absolute atomic E-state index is 0.0870. The Morgan fingerprint density at radius 2 is 1.97 bits per heavy atom. The van der Waals surface area contributed by atoms with Crippen LogP contribution in [-0.2, 0) is 24.5 Å². The zero-order valence-electron chi connectivity index (χ0n) is 16.1. The number of nitrogens with one attached hydrogen (secondary N) is 1. The van der Waals surface area contributed by atoms with Crippen LogP contribution in [0.15, 0.2) is 42.7 Å². The lowest BCUT2D eigenvalue weighted by Crippen LogP contribution is -2.12. The van der Waals surface area contributed by atoms with E-state index < -0.39 is 11.9 Å². The first-order chi connectivity index (χ1) is 14.2. The van der Waals surface area contributed by atoms with Crippen LogP contribution in [0.5, 0.6) is 0 Å². The molecule has 10 heteroatoms. The average Bonchev–Trinajstić information content (AvgIpc) is 3.09. The minimum Gasteiger partial charge on any atom is -0.380 e. The normalized spacial score (nSPS) is 11.5. The number of carbonyl (C=O) groups is 1. The third-order valence-electron chi connectivity index (χ3n) is 4.31. The Balaban J connectivity index is 1.76. The molecule has 0 spiro atoms. The van der Waals surface area contributed by atoms with Gasteiger partial charge in [-0.25, -0.2) is 9.97 Å². The Morgan fingerprint density at radius 1 is 1.27 bits per heavy atom. The first-order valence-corrected chi connectivity index (χ1v) is 9.18. The smallest absolute Gasteiger partial charge is 0.380 e. The van der Waals surface area contributed by atoms with Crippen LogP contribution in [0.25, 0.3) is 11.4 Å². The molecule has 0 aliphatic rings. The number of methoxy groups -OCH3 is 1. The Hall–Kier alpha value is -2.91. The number of ketones is 1. The Labute approximate surface area is 175 Å². The maximum absolute atomic E-state index is 12.9. The first kappa shape index (κ1) is 21.8. The molecule has 0 aliphatic heterocycles. The fourth-order valence-electron chi connectivity index (χ4n) is 2.85. The highest BCUT2D eigenvalue weighted by Crippen LogP contribution is 2.30. The van der Waals surface area contributed by atoms with E-state index in [9.17, 15) is 18.0 Å². The number of rotatable bonds is 7. The minimum atomic E-state index is -4.50. The molecule has 1 aromatic carbocycles. The molecular formula is C20H18ClF3N4O2. The summed E-state index contributed by atoms with van der Waals surface area (Å²) in [4.78, 5) is 19.8. The van der Waals surface area contributed by atoms with Gasteiger partial charge in [0.05, 0.1) is 5.56 Å². The summed E-state index contributed by atoms with van der Waals surface area (Å²) >= 11 is 5.93. The molecule has 0 bridgehead atoms. The van der Waals surface area contributed by atoms with Crippen molar-refractivity contribution >= 4 is 23.1 Å². The molecule has 6 nitrogen and oxygen atoms in total. The zero-order chi connectivity index (χ0) is 21.9. The van der Waals surface area contributed by atoms with Crippen molar-refractivity contribution in [1.82, 2.24) is 14.5 Å². The Bertz CT molecular complexity index is 1050. The predicted molar refractivity (Wildman–Crippen MR) is 106 cm³/mol. The van der Waals surface area contributed by atoms with Gasteiger partial charge < -0.3 is 14.6 Å². The third kappa shape index (κ3) is 4.98. The number of hydrogen-bond acceptors (Lipinski definition) is 5. The lowest BCUT2D eigenvalue weighted by atomic mass is 10.1. The molecule has 3 rings (SSSR count). The molecule has 0 amide bonds. The van der Waals surface area contributed by atoms with Gasteiger partial charge in [0.1, 0.15) is 17.6 Å². The van der Waals surface area contributed by atoms with Crippen LogP contribution in [0, 0.1) is 0 Å². The molecule has 2 aromatic heterocycles. The topological polar surface area (TPSA) is 69.0 Å². The summed E-state index contributed by atoms with van der Waals surface area (Å²) in [6.45, 7) is 0.276. The largest absolute Gasteiger partial charge is 0.434 e. The molecule has 1 N–H and O–H groups in total. The quantitative estimate of drug-likeness (QED) is 0.431. The van der Waals surface area contributed by atoms with Crippen LogP contribution >= 0.6 is 11.6 Å². The van der Waals surface area contributed by atoms with E-state index in [-0.39, 0.29) is 23.4 Å². The number of alkyl halides is 3. The van der Waals surface area contributed by atoms with Crippen molar-refractivity contribution in [3.8, 4) is 11.4 Å². The summed E-state index contributed by atoms with van der Waals surface area (Å²) in [5.74, 6) is -0.0232. The molecule has 2 heterocycles. The van der Waals surface area contributed by atoms with E-state index in [1.165, 1.54) is 24.9 Å². The van der Waals surface area contributed by atoms with Gasteiger partial charge in [-0.1, -0.05) is 35.9 Å². The summed E-state index contributed by atoms with van der Waals surface area (Å²) in [7, 11) is 2.94. The van der Waals surface area contributed by atoms with Crippen molar-refractivity contribution in [2.24, 2.45) is 7.05 Å². The molecule has 0 saturated heterocycles. The first-order valence-electron chi connectivity index (χ1n) is 8.80. The molecule has 158 valence electrons. The molecule has 0 unspecified atom stereocenters. The van der Waals surface area contributed by atoms with Gasteiger partial charge in [0.2, 0.25) is 0 Å². The van der Waals surface area contributed by atoms with Crippen molar-refractivity contribution in [3.63, 3.8) is 0 Å². The van der Waals surface area contributed by atoms with Gasteiger partial charge in [-0.2, -0.15) is 13.2 Å². The van der Waals surface area contributed by atoms with Crippen LogP contribution in [0.4, 0.5) is 18.9 Å². The third-order valence-corrected chi connectivity index (χ3v) is 4.52. The number of ether oxygens (including phenoxy) is 1. The summed E-state index contributed by atoms with van der Waals surface area (Å²) in [5, 5.41) is 3.37. The van der Waals surface area contributed by atoms with Gasteiger partial charge in [-0.15, -0.1) is 0 Å². The highest BCUT2D eigenvalue weighted by atomic mass is 35.5. The van der Waals surface area contributed by atoms with Gasteiger partial charge >= 0.3 is 6.18 Å². The number of halogens is 4. The summed E-state index contributed by atoms with van der Waals surface area (Å²) in [6, 6.07) is 8.46. The van der Waals surface area contributed by atoms with E-state index in [1.807, 2.05) is 0 Å². The van der Waals surface area contributed by atoms with Crippen LogP contribution in [-0.4, -0.2) is 34.0 Å². The molecular weight excluding hydrogens is 421 g/mol. The van der Waals surface area contributed by atoms with Crippen LogP contribution in [0.3, 0.4) is 0 Å². The van der Waals surface area contributed by atoms with E-state index in [2.05, 4.69) is 15.3 Å². The molecule has 3 aromatic rings. The standard InChI is InChI=1S/C20H18ClF3N4O2/c1-28-10-17(20(22,23)24)27-19(28)13-5-3-12(4-6-13)8-25-15-7-18(21)26-9-14(15)16(29)11-30-2/h3-7,9-10H,8,11H2,1-2H3,(H,25,26). The van der Waals surface area contributed by atoms with Gasteiger partial charge in [0.25, 0.3) is 0 Å². The number of imidazole rings is 1. The SMILES string of the molecule is COCC(=O)c1cnc(Cl)cc1NCc1ccc(-c2nc(C(F)(F)F)cn2C)cc1. The Kier molecular flexibility index (Phi) is 6.42. The molecule has 0 atom stereocenters. The summed E-state index contributed by atoms with van der Waals surface area (Å²) in [6.07, 6.45) is -2.16. The van der Waals surface area contributed by atoms with Gasteiger partial charge in [-0.05, 0) is 11.6 Å². The van der Waals surface area contributed by atoms with Crippen molar-refractivity contribution in [2.75, 3.05) is 19.0 Å². The summed E-state index contributed by atoms with van der Waals surface area (Å²) < 4.78 is 44.8. The fourth-order valence-corrected chi connectivity index (χ4v) is 3.01.